The Morgan fingerprint density at radius 3 is 2.57 bits per heavy atom. The molecule has 1 N–H and O–H groups in total. The van der Waals surface area contributed by atoms with E-state index < -0.39 is 0 Å². The van der Waals surface area contributed by atoms with Crippen LogP contribution in [0.3, 0.4) is 0 Å². The molecule has 0 spiro atoms. The second-order valence-corrected chi connectivity index (χ2v) is 5.88. The molecule has 126 valence electrons. The number of aliphatic imine (C=N–C) groups is 1. The molecular formula is C15H32IN3O2. The Bertz CT molecular complexity index is 284. The highest BCUT2D eigenvalue weighted by Gasteiger charge is 2.21. The van der Waals surface area contributed by atoms with Crippen LogP contribution in [-0.2, 0) is 9.47 Å². The molecule has 6 heteroatoms. The summed E-state index contributed by atoms with van der Waals surface area (Å²) in [4.78, 5) is 6.36. The predicted octanol–water partition coefficient (Wildman–Crippen LogP) is 2.21. The molecule has 0 unspecified atom stereocenters. The van der Waals surface area contributed by atoms with Gasteiger partial charge in [0.2, 0.25) is 0 Å². The fraction of sp³-hybridized carbons (Fsp3) is 0.933. The number of guanidine groups is 1. The molecule has 1 fully saturated rings. The van der Waals surface area contributed by atoms with Crippen molar-refractivity contribution in [2.24, 2.45) is 16.8 Å². The molecule has 1 aliphatic carbocycles. The lowest BCUT2D eigenvalue weighted by Gasteiger charge is -2.22. The van der Waals surface area contributed by atoms with Crippen LogP contribution in [0.5, 0.6) is 0 Å². The van der Waals surface area contributed by atoms with Gasteiger partial charge in [-0.2, -0.15) is 0 Å². The van der Waals surface area contributed by atoms with Gasteiger partial charge >= 0.3 is 0 Å². The zero-order valence-electron chi connectivity index (χ0n) is 13.9. The van der Waals surface area contributed by atoms with Crippen molar-refractivity contribution in [1.29, 1.82) is 0 Å². The first-order chi connectivity index (χ1) is 9.63. The fourth-order valence-electron chi connectivity index (χ4n) is 1.78. The molecule has 0 saturated heterocycles. The summed E-state index contributed by atoms with van der Waals surface area (Å²) in [6.07, 6.45) is 2.69. The van der Waals surface area contributed by atoms with E-state index in [4.69, 9.17) is 9.47 Å². The maximum absolute atomic E-state index is 5.64. The molecule has 0 aromatic carbocycles. The minimum absolute atomic E-state index is 0. The number of hydrogen-bond acceptors (Lipinski definition) is 3. The number of halogens is 1. The quantitative estimate of drug-likeness (QED) is 0.258. The molecule has 0 atom stereocenters. The van der Waals surface area contributed by atoms with E-state index in [9.17, 15) is 0 Å². The van der Waals surface area contributed by atoms with Crippen LogP contribution in [0.1, 0.15) is 26.7 Å². The molecule has 0 bridgehead atoms. The Kier molecular flexibility index (Phi) is 12.4. The van der Waals surface area contributed by atoms with E-state index in [1.807, 2.05) is 7.05 Å². The standard InChI is InChI=1S/C15H31N3O2.HI/c1-13(2)11-19-9-7-17-15(16-3)18(4)8-10-20-12-14-5-6-14;/h13-14H,5-12H2,1-4H3,(H,16,17);1H. The second-order valence-electron chi connectivity index (χ2n) is 5.88. The summed E-state index contributed by atoms with van der Waals surface area (Å²) in [6, 6.07) is 0. The highest BCUT2D eigenvalue weighted by Crippen LogP contribution is 2.28. The highest BCUT2D eigenvalue weighted by atomic mass is 127. The van der Waals surface area contributed by atoms with Gasteiger partial charge in [0.1, 0.15) is 0 Å². The van der Waals surface area contributed by atoms with Crippen molar-refractivity contribution in [2.45, 2.75) is 26.7 Å². The van der Waals surface area contributed by atoms with Crippen LogP contribution < -0.4 is 5.32 Å². The number of hydrogen-bond donors (Lipinski definition) is 1. The lowest BCUT2D eigenvalue weighted by Crippen LogP contribution is -2.41. The number of nitrogens with zero attached hydrogens (tertiary/aromatic N) is 2. The maximum atomic E-state index is 5.64. The van der Waals surface area contributed by atoms with E-state index in [1.54, 1.807) is 7.05 Å². The van der Waals surface area contributed by atoms with Crippen LogP contribution in [0, 0.1) is 11.8 Å². The topological polar surface area (TPSA) is 46.1 Å². The predicted molar refractivity (Wildman–Crippen MR) is 98.6 cm³/mol. The monoisotopic (exact) mass is 413 g/mol. The van der Waals surface area contributed by atoms with Crippen molar-refractivity contribution >= 4 is 29.9 Å². The summed E-state index contributed by atoms with van der Waals surface area (Å²) >= 11 is 0. The van der Waals surface area contributed by atoms with Crippen molar-refractivity contribution < 1.29 is 9.47 Å². The Balaban J connectivity index is 0.00000400. The molecule has 1 rings (SSSR count). The summed E-state index contributed by atoms with van der Waals surface area (Å²) in [6.45, 7) is 9.16. The van der Waals surface area contributed by atoms with Gasteiger partial charge in [-0.3, -0.25) is 4.99 Å². The van der Waals surface area contributed by atoms with Crippen molar-refractivity contribution in [3.63, 3.8) is 0 Å². The maximum Gasteiger partial charge on any atom is 0.193 e. The lowest BCUT2D eigenvalue weighted by molar-refractivity contribution is 0.110. The molecule has 0 aromatic rings. The number of rotatable bonds is 10. The number of ether oxygens (including phenoxy) is 2. The molecular weight excluding hydrogens is 381 g/mol. The summed E-state index contributed by atoms with van der Waals surface area (Å²) in [5.41, 5.74) is 0. The molecule has 21 heavy (non-hydrogen) atoms. The van der Waals surface area contributed by atoms with Crippen LogP contribution in [0.4, 0.5) is 0 Å². The Labute approximate surface area is 146 Å². The number of nitrogens with one attached hydrogen (secondary N) is 1. The molecule has 0 heterocycles. The molecule has 0 aromatic heterocycles. The minimum Gasteiger partial charge on any atom is -0.379 e. The number of likely N-dealkylation sites (N-methyl/N-ethyl adjacent to an activating group) is 1. The van der Waals surface area contributed by atoms with Gasteiger partial charge in [0.05, 0.1) is 13.2 Å². The smallest absolute Gasteiger partial charge is 0.193 e. The van der Waals surface area contributed by atoms with Gasteiger partial charge in [0.15, 0.2) is 5.96 Å². The fourth-order valence-corrected chi connectivity index (χ4v) is 1.78. The van der Waals surface area contributed by atoms with Crippen LogP contribution >= 0.6 is 24.0 Å². The molecule has 5 nitrogen and oxygen atoms in total. The Morgan fingerprint density at radius 2 is 2.00 bits per heavy atom. The molecule has 1 aliphatic rings. The highest BCUT2D eigenvalue weighted by molar-refractivity contribution is 14.0. The van der Waals surface area contributed by atoms with E-state index >= 15 is 0 Å². The second kappa shape index (κ2) is 12.5. The van der Waals surface area contributed by atoms with E-state index in [-0.39, 0.29) is 24.0 Å². The van der Waals surface area contributed by atoms with Crippen LogP contribution in [0.25, 0.3) is 0 Å². The van der Waals surface area contributed by atoms with Crippen molar-refractivity contribution in [3.05, 3.63) is 0 Å². The largest absolute Gasteiger partial charge is 0.379 e. The van der Waals surface area contributed by atoms with Crippen LogP contribution in [0.2, 0.25) is 0 Å². The van der Waals surface area contributed by atoms with E-state index in [0.717, 1.165) is 44.8 Å². The molecule has 0 radical (unpaired) electrons. The average molecular weight is 413 g/mol. The summed E-state index contributed by atoms with van der Waals surface area (Å²) in [5, 5.41) is 3.30. The van der Waals surface area contributed by atoms with Crippen molar-refractivity contribution in [2.75, 3.05) is 53.6 Å². The SMILES string of the molecule is CN=C(NCCOCC(C)C)N(C)CCOCC1CC1.I. The first-order valence-electron chi connectivity index (χ1n) is 7.70. The van der Waals surface area contributed by atoms with E-state index in [1.165, 1.54) is 12.8 Å². The summed E-state index contributed by atoms with van der Waals surface area (Å²) in [5.74, 6) is 2.31. The summed E-state index contributed by atoms with van der Waals surface area (Å²) < 4.78 is 11.2. The van der Waals surface area contributed by atoms with Gasteiger partial charge in [0, 0.05) is 40.4 Å². The first kappa shape index (κ1) is 20.9. The van der Waals surface area contributed by atoms with Crippen molar-refractivity contribution in [1.82, 2.24) is 10.2 Å². The van der Waals surface area contributed by atoms with Gasteiger partial charge in [-0.15, -0.1) is 24.0 Å². The third kappa shape index (κ3) is 11.2. The Morgan fingerprint density at radius 1 is 1.29 bits per heavy atom. The summed E-state index contributed by atoms with van der Waals surface area (Å²) in [7, 11) is 3.84. The van der Waals surface area contributed by atoms with Crippen molar-refractivity contribution in [3.8, 4) is 0 Å². The molecule has 0 amide bonds. The van der Waals surface area contributed by atoms with Gasteiger partial charge in [-0.25, -0.2) is 0 Å². The zero-order valence-corrected chi connectivity index (χ0v) is 16.3. The van der Waals surface area contributed by atoms with Crippen LogP contribution in [-0.4, -0.2) is 64.5 Å². The van der Waals surface area contributed by atoms with Gasteiger partial charge in [0.25, 0.3) is 0 Å². The third-order valence-electron chi connectivity index (χ3n) is 3.18. The van der Waals surface area contributed by atoms with Gasteiger partial charge in [-0.1, -0.05) is 13.8 Å². The average Bonchev–Trinajstić information content (AvgIpc) is 3.22. The zero-order chi connectivity index (χ0) is 14.8. The molecule has 0 aliphatic heterocycles. The van der Waals surface area contributed by atoms with Crippen LogP contribution in [0.15, 0.2) is 4.99 Å². The lowest BCUT2D eigenvalue weighted by atomic mass is 10.2. The van der Waals surface area contributed by atoms with Gasteiger partial charge in [-0.05, 0) is 24.7 Å². The van der Waals surface area contributed by atoms with Gasteiger partial charge < -0.3 is 19.7 Å². The normalized spacial score (nSPS) is 15.0. The van der Waals surface area contributed by atoms with E-state index in [0.29, 0.717) is 12.5 Å². The third-order valence-corrected chi connectivity index (χ3v) is 3.18. The first-order valence-corrected chi connectivity index (χ1v) is 7.70. The minimum atomic E-state index is 0. The van der Waals surface area contributed by atoms with E-state index in [2.05, 4.69) is 29.1 Å². The Hall–Kier alpha value is -0.0800. The molecule has 1 saturated carbocycles.